The summed E-state index contributed by atoms with van der Waals surface area (Å²) in [5.74, 6) is -1.05. The highest BCUT2D eigenvalue weighted by molar-refractivity contribution is 5.85. The number of carboxylic acid groups (broad SMARTS) is 1. The first kappa shape index (κ1) is 15.7. The Labute approximate surface area is 106 Å². The quantitative estimate of drug-likeness (QED) is 0.628. The van der Waals surface area contributed by atoms with Gasteiger partial charge in [-0.2, -0.15) is 0 Å². The van der Waals surface area contributed by atoms with Gasteiger partial charge in [-0.3, -0.25) is 10.1 Å². The predicted molar refractivity (Wildman–Crippen MR) is 67.5 cm³/mol. The third-order valence-electron chi connectivity index (χ3n) is 2.24. The van der Waals surface area contributed by atoms with Crippen LogP contribution in [0.4, 0.5) is 0 Å². The summed E-state index contributed by atoms with van der Waals surface area (Å²) in [6.07, 6.45) is 0. The van der Waals surface area contributed by atoms with Crippen molar-refractivity contribution in [2.24, 2.45) is 5.73 Å². The molecule has 5 N–H and O–H groups in total. The first-order valence-electron chi connectivity index (χ1n) is 5.02. The fraction of sp³-hybridized carbons (Fsp3) is 0.364. The molecule has 0 spiro atoms. The number of phenols is 1. The molecule has 1 rings (SSSR count). The molecule has 0 aromatic heterocycles. The number of aromatic hydroxyl groups is 1. The van der Waals surface area contributed by atoms with Crippen molar-refractivity contribution in [1.29, 1.82) is 0 Å². The van der Waals surface area contributed by atoms with Gasteiger partial charge in [-0.15, -0.1) is 12.4 Å². The molecule has 1 aromatic rings. The van der Waals surface area contributed by atoms with E-state index in [9.17, 15) is 9.90 Å². The zero-order valence-electron chi connectivity index (χ0n) is 9.51. The molecule has 0 radical (unpaired) electrons. The maximum atomic E-state index is 11.0. The standard InChI is InChI=1S/C11H16N2O3.ClH/c1-7-2-3-8(9(14)6-7)10(11(15)16)13-5-4-12;/h2-3,6,10,13-14H,4-5,12H2,1H3,(H,15,16);1H. The number of carbonyl (C=O) groups is 1. The van der Waals surface area contributed by atoms with Crippen molar-refractivity contribution in [1.82, 2.24) is 5.32 Å². The molecule has 0 aliphatic carbocycles. The number of phenolic OH excluding ortho intramolecular Hbond substituents is 1. The monoisotopic (exact) mass is 260 g/mol. The van der Waals surface area contributed by atoms with Gasteiger partial charge in [-0.25, -0.2) is 0 Å². The third-order valence-corrected chi connectivity index (χ3v) is 2.24. The van der Waals surface area contributed by atoms with Crippen molar-refractivity contribution in [3.05, 3.63) is 29.3 Å². The number of nitrogens with one attached hydrogen (secondary N) is 1. The Kier molecular flexibility index (Phi) is 6.57. The molecule has 1 aromatic carbocycles. The van der Waals surface area contributed by atoms with Crippen molar-refractivity contribution in [2.45, 2.75) is 13.0 Å². The number of rotatable bonds is 5. The van der Waals surface area contributed by atoms with Crippen LogP contribution in [0.2, 0.25) is 0 Å². The number of hydrogen-bond acceptors (Lipinski definition) is 4. The minimum Gasteiger partial charge on any atom is -0.508 e. The van der Waals surface area contributed by atoms with Crippen LogP contribution in [-0.4, -0.2) is 29.3 Å². The first-order chi connectivity index (χ1) is 7.56. The van der Waals surface area contributed by atoms with E-state index in [-0.39, 0.29) is 18.2 Å². The number of nitrogens with two attached hydrogens (primary N) is 1. The van der Waals surface area contributed by atoms with Crippen molar-refractivity contribution in [2.75, 3.05) is 13.1 Å². The lowest BCUT2D eigenvalue weighted by Gasteiger charge is -2.15. The second-order valence-electron chi connectivity index (χ2n) is 3.58. The number of hydrogen-bond donors (Lipinski definition) is 4. The van der Waals surface area contributed by atoms with Crippen LogP contribution < -0.4 is 11.1 Å². The van der Waals surface area contributed by atoms with Gasteiger partial charge >= 0.3 is 5.97 Å². The average molecular weight is 261 g/mol. The van der Waals surface area contributed by atoms with Crippen LogP contribution in [0.25, 0.3) is 0 Å². The van der Waals surface area contributed by atoms with E-state index in [1.165, 1.54) is 6.07 Å². The number of carboxylic acids is 1. The molecule has 1 atom stereocenters. The summed E-state index contributed by atoms with van der Waals surface area (Å²) in [5, 5.41) is 21.5. The Morgan fingerprint density at radius 1 is 1.53 bits per heavy atom. The minimum atomic E-state index is -1.03. The first-order valence-corrected chi connectivity index (χ1v) is 5.02. The van der Waals surface area contributed by atoms with E-state index in [1.807, 2.05) is 6.92 Å². The number of aliphatic carboxylic acids is 1. The van der Waals surface area contributed by atoms with Crippen LogP contribution in [0, 0.1) is 6.92 Å². The molecule has 0 amide bonds. The maximum absolute atomic E-state index is 11.0. The molecule has 1 unspecified atom stereocenters. The Morgan fingerprint density at radius 2 is 2.18 bits per heavy atom. The zero-order chi connectivity index (χ0) is 12.1. The van der Waals surface area contributed by atoms with Crippen molar-refractivity contribution < 1.29 is 15.0 Å². The lowest BCUT2D eigenvalue weighted by atomic mass is 10.0. The van der Waals surface area contributed by atoms with Crippen LogP contribution in [0.5, 0.6) is 5.75 Å². The van der Waals surface area contributed by atoms with Crippen molar-refractivity contribution in [3.63, 3.8) is 0 Å². The molecule has 0 aliphatic heterocycles. The summed E-state index contributed by atoms with van der Waals surface area (Å²) in [5.41, 5.74) is 6.53. The van der Waals surface area contributed by atoms with E-state index >= 15 is 0 Å². The molecule has 0 saturated carbocycles. The number of benzene rings is 1. The zero-order valence-corrected chi connectivity index (χ0v) is 10.3. The van der Waals surface area contributed by atoms with E-state index in [2.05, 4.69) is 5.32 Å². The predicted octanol–water partition coefficient (Wildman–Crippen LogP) is 0.796. The van der Waals surface area contributed by atoms with Gasteiger partial charge in [0.25, 0.3) is 0 Å². The molecular formula is C11H17ClN2O3. The molecule has 96 valence electrons. The van der Waals surface area contributed by atoms with Gasteiger partial charge in [0.2, 0.25) is 0 Å². The fourth-order valence-electron chi connectivity index (χ4n) is 1.46. The van der Waals surface area contributed by atoms with Gasteiger partial charge in [0.1, 0.15) is 11.8 Å². The Bertz CT molecular complexity index is 385. The van der Waals surface area contributed by atoms with Gasteiger partial charge in [-0.05, 0) is 18.6 Å². The van der Waals surface area contributed by atoms with Gasteiger partial charge in [-0.1, -0.05) is 12.1 Å². The molecule has 0 aliphatic rings. The topological polar surface area (TPSA) is 95.6 Å². The summed E-state index contributed by atoms with van der Waals surface area (Å²) in [6, 6.07) is 3.97. The highest BCUT2D eigenvalue weighted by Gasteiger charge is 2.21. The molecular weight excluding hydrogens is 244 g/mol. The van der Waals surface area contributed by atoms with E-state index in [1.54, 1.807) is 12.1 Å². The molecule has 0 bridgehead atoms. The third kappa shape index (κ3) is 4.22. The second kappa shape index (κ2) is 7.11. The van der Waals surface area contributed by atoms with Gasteiger partial charge in [0.05, 0.1) is 0 Å². The maximum Gasteiger partial charge on any atom is 0.325 e. The van der Waals surface area contributed by atoms with E-state index in [0.717, 1.165) is 5.56 Å². The van der Waals surface area contributed by atoms with E-state index < -0.39 is 12.0 Å². The smallest absolute Gasteiger partial charge is 0.325 e. The van der Waals surface area contributed by atoms with Crippen molar-refractivity contribution in [3.8, 4) is 5.75 Å². The van der Waals surface area contributed by atoms with Crippen LogP contribution >= 0.6 is 12.4 Å². The highest BCUT2D eigenvalue weighted by atomic mass is 35.5. The average Bonchev–Trinajstić information content (AvgIpc) is 2.20. The van der Waals surface area contributed by atoms with E-state index in [0.29, 0.717) is 18.7 Å². The summed E-state index contributed by atoms with van der Waals surface area (Å²) in [4.78, 5) is 11.0. The normalized spacial score (nSPS) is 11.6. The van der Waals surface area contributed by atoms with Gasteiger partial charge < -0.3 is 15.9 Å². The highest BCUT2D eigenvalue weighted by Crippen LogP contribution is 2.25. The molecule has 17 heavy (non-hydrogen) atoms. The minimum absolute atomic E-state index is 0. The van der Waals surface area contributed by atoms with Crippen LogP contribution in [0.15, 0.2) is 18.2 Å². The molecule has 0 fully saturated rings. The SMILES string of the molecule is Cc1ccc(C(NCCN)C(=O)O)c(O)c1.Cl. The van der Waals surface area contributed by atoms with Crippen LogP contribution in [0.3, 0.4) is 0 Å². The lowest BCUT2D eigenvalue weighted by Crippen LogP contribution is -2.32. The number of aryl methyl sites for hydroxylation is 1. The number of halogens is 1. The van der Waals surface area contributed by atoms with Gasteiger partial charge in [0.15, 0.2) is 0 Å². The molecule has 5 nitrogen and oxygen atoms in total. The summed E-state index contributed by atoms with van der Waals surface area (Å²) in [6.45, 7) is 2.55. The van der Waals surface area contributed by atoms with E-state index in [4.69, 9.17) is 10.8 Å². The summed E-state index contributed by atoms with van der Waals surface area (Å²) >= 11 is 0. The second-order valence-corrected chi connectivity index (χ2v) is 3.58. The molecule has 0 heterocycles. The lowest BCUT2D eigenvalue weighted by molar-refractivity contribution is -0.139. The molecule has 6 heteroatoms. The fourth-order valence-corrected chi connectivity index (χ4v) is 1.46. The summed E-state index contributed by atoms with van der Waals surface area (Å²) in [7, 11) is 0. The Balaban J connectivity index is 0.00000256. The Morgan fingerprint density at radius 3 is 2.65 bits per heavy atom. The van der Waals surface area contributed by atoms with Crippen LogP contribution in [-0.2, 0) is 4.79 Å². The molecule has 0 saturated heterocycles. The Hall–Kier alpha value is -1.30. The van der Waals surface area contributed by atoms with Gasteiger partial charge in [0, 0.05) is 18.7 Å². The van der Waals surface area contributed by atoms with Crippen LogP contribution in [0.1, 0.15) is 17.2 Å². The summed E-state index contributed by atoms with van der Waals surface area (Å²) < 4.78 is 0. The van der Waals surface area contributed by atoms with Crippen molar-refractivity contribution >= 4 is 18.4 Å². The largest absolute Gasteiger partial charge is 0.508 e.